The van der Waals surface area contributed by atoms with Crippen molar-refractivity contribution in [3.8, 4) is 0 Å². The molecule has 1 aromatic rings. The molecule has 0 heterocycles. The lowest BCUT2D eigenvalue weighted by Crippen LogP contribution is -2.32. The standard InChI is InChI=1S/C16H25FN2.C2HF3O2/c1-16(2,3)14-9-8-13(10-15(14)17)19-12-6-4-11(18)5-7-12;3-2(4,5)1(6)7/h8-12,19H,4-7,18H2,1-3H3;(H,6,7). The number of carboxylic acids is 1. The van der Waals surface area contributed by atoms with E-state index in [0.29, 0.717) is 12.1 Å². The Balaban J connectivity index is 0.000000412. The second kappa shape index (κ2) is 8.70. The van der Waals surface area contributed by atoms with Crippen LogP contribution < -0.4 is 11.1 Å². The Kier molecular flexibility index (Phi) is 7.44. The normalized spacial score (nSPS) is 20.8. The second-order valence-corrected chi connectivity index (χ2v) is 7.50. The Morgan fingerprint density at radius 3 is 2.04 bits per heavy atom. The minimum Gasteiger partial charge on any atom is -0.475 e. The van der Waals surface area contributed by atoms with Gasteiger partial charge in [0.1, 0.15) is 5.82 Å². The third-order valence-corrected chi connectivity index (χ3v) is 4.16. The quantitative estimate of drug-likeness (QED) is 0.665. The van der Waals surface area contributed by atoms with Gasteiger partial charge in [0.15, 0.2) is 0 Å². The highest BCUT2D eigenvalue weighted by atomic mass is 19.4. The zero-order chi connectivity index (χ0) is 20.1. The molecule has 0 saturated heterocycles. The van der Waals surface area contributed by atoms with E-state index in [9.17, 15) is 17.6 Å². The molecular formula is C18H26F4N2O2. The molecule has 0 aromatic heterocycles. The van der Waals surface area contributed by atoms with Crippen molar-refractivity contribution in [3.05, 3.63) is 29.6 Å². The number of nitrogens with one attached hydrogen (secondary N) is 1. The monoisotopic (exact) mass is 378 g/mol. The van der Waals surface area contributed by atoms with Crippen molar-refractivity contribution < 1.29 is 27.5 Å². The van der Waals surface area contributed by atoms with E-state index in [1.165, 1.54) is 0 Å². The van der Waals surface area contributed by atoms with E-state index in [2.05, 4.69) is 5.32 Å². The molecule has 1 aromatic carbocycles. The highest BCUT2D eigenvalue weighted by molar-refractivity contribution is 5.73. The minimum absolute atomic E-state index is 0.120. The number of anilines is 1. The van der Waals surface area contributed by atoms with Gasteiger partial charge in [0.25, 0.3) is 0 Å². The summed E-state index contributed by atoms with van der Waals surface area (Å²) in [7, 11) is 0. The number of aliphatic carboxylic acids is 1. The van der Waals surface area contributed by atoms with Crippen molar-refractivity contribution in [1.29, 1.82) is 0 Å². The first kappa shape index (κ1) is 22.2. The summed E-state index contributed by atoms with van der Waals surface area (Å²) in [6, 6.07) is 6.28. The predicted octanol–water partition coefficient (Wildman–Crippen LogP) is 4.44. The Labute approximate surface area is 150 Å². The summed E-state index contributed by atoms with van der Waals surface area (Å²) in [5.74, 6) is -2.88. The van der Waals surface area contributed by atoms with E-state index < -0.39 is 12.1 Å². The van der Waals surface area contributed by atoms with E-state index >= 15 is 0 Å². The zero-order valence-corrected chi connectivity index (χ0v) is 15.2. The molecule has 148 valence electrons. The number of hydrogen-bond donors (Lipinski definition) is 3. The lowest BCUT2D eigenvalue weighted by Gasteiger charge is -2.28. The molecule has 4 N–H and O–H groups in total. The van der Waals surface area contributed by atoms with Gasteiger partial charge < -0.3 is 16.2 Å². The lowest BCUT2D eigenvalue weighted by molar-refractivity contribution is -0.192. The molecule has 1 fully saturated rings. The van der Waals surface area contributed by atoms with Gasteiger partial charge in [-0.1, -0.05) is 26.8 Å². The summed E-state index contributed by atoms with van der Waals surface area (Å²) in [4.78, 5) is 8.90. The molecule has 1 aliphatic rings. The SMILES string of the molecule is CC(C)(C)c1ccc(NC2CCC(N)CC2)cc1F.O=C(O)C(F)(F)F. The van der Waals surface area contributed by atoms with Crippen LogP contribution in [0.4, 0.5) is 23.2 Å². The van der Waals surface area contributed by atoms with Crippen molar-refractivity contribution >= 4 is 11.7 Å². The summed E-state index contributed by atoms with van der Waals surface area (Å²) in [5, 5.41) is 10.6. The number of halogens is 4. The van der Waals surface area contributed by atoms with Crippen LogP contribution in [0.5, 0.6) is 0 Å². The van der Waals surface area contributed by atoms with Crippen molar-refractivity contribution in [2.45, 2.75) is 70.1 Å². The largest absolute Gasteiger partial charge is 0.490 e. The van der Waals surface area contributed by atoms with Crippen molar-refractivity contribution in [3.63, 3.8) is 0 Å². The summed E-state index contributed by atoms with van der Waals surface area (Å²) < 4.78 is 45.8. The van der Waals surface area contributed by atoms with Gasteiger partial charge in [0, 0.05) is 17.8 Å². The molecule has 0 spiro atoms. The van der Waals surface area contributed by atoms with Crippen molar-refractivity contribution in [2.75, 3.05) is 5.32 Å². The highest BCUT2D eigenvalue weighted by Gasteiger charge is 2.38. The average Bonchev–Trinajstić information content (AvgIpc) is 2.48. The van der Waals surface area contributed by atoms with Crippen LogP contribution in [0.2, 0.25) is 0 Å². The van der Waals surface area contributed by atoms with Gasteiger partial charge in [-0.3, -0.25) is 0 Å². The van der Waals surface area contributed by atoms with Gasteiger partial charge in [-0.25, -0.2) is 9.18 Å². The highest BCUT2D eigenvalue weighted by Crippen LogP contribution is 2.28. The van der Waals surface area contributed by atoms with Gasteiger partial charge in [0.05, 0.1) is 0 Å². The molecule has 0 radical (unpaired) electrons. The molecule has 26 heavy (non-hydrogen) atoms. The number of rotatable bonds is 2. The van der Waals surface area contributed by atoms with Crippen LogP contribution in [0.3, 0.4) is 0 Å². The molecule has 1 aliphatic carbocycles. The molecule has 0 unspecified atom stereocenters. The van der Waals surface area contributed by atoms with E-state index in [1.807, 2.05) is 32.9 Å². The van der Waals surface area contributed by atoms with Crippen LogP contribution in [0.25, 0.3) is 0 Å². The maximum absolute atomic E-state index is 14.1. The van der Waals surface area contributed by atoms with Crippen LogP contribution >= 0.6 is 0 Å². The third kappa shape index (κ3) is 7.19. The first-order valence-corrected chi connectivity index (χ1v) is 8.43. The van der Waals surface area contributed by atoms with Crippen LogP contribution in [0.1, 0.15) is 52.0 Å². The molecule has 8 heteroatoms. The van der Waals surface area contributed by atoms with Crippen molar-refractivity contribution in [2.24, 2.45) is 5.73 Å². The first-order chi connectivity index (χ1) is 11.8. The number of alkyl halides is 3. The molecule has 0 bridgehead atoms. The van der Waals surface area contributed by atoms with E-state index in [-0.39, 0.29) is 11.2 Å². The number of benzene rings is 1. The molecule has 2 rings (SSSR count). The number of hydrogen-bond acceptors (Lipinski definition) is 3. The maximum Gasteiger partial charge on any atom is 0.490 e. The fourth-order valence-corrected chi connectivity index (χ4v) is 2.71. The Morgan fingerprint density at radius 2 is 1.65 bits per heavy atom. The molecule has 0 atom stereocenters. The summed E-state index contributed by atoms with van der Waals surface area (Å²) in [6.45, 7) is 6.09. The average molecular weight is 378 g/mol. The van der Waals surface area contributed by atoms with Crippen LogP contribution in [0.15, 0.2) is 18.2 Å². The predicted molar refractivity (Wildman–Crippen MR) is 92.6 cm³/mol. The summed E-state index contributed by atoms with van der Waals surface area (Å²) in [5.41, 5.74) is 7.39. The number of carbonyl (C=O) groups is 1. The van der Waals surface area contributed by atoms with Crippen LogP contribution in [-0.2, 0) is 10.2 Å². The molecule has 1 saturated carbocycles. The summed E-state index contributed by atoms with van der Waals surface area (Å²) >= 11 is 0. The Hall–Kier alpha value is -1.83. The topological polar surface area (TPSA) is 75.3 Å². The second-order valence-electron chi connectivity index (χ2n) is 7.50. The fraction of sp³-hybridized carbons (Fsp3) is 0.611. The molecule has 4 nitrogen and oxygen atoms in total. The minimum atomic E-state index is -5.08. The third-order valence-electron chi connectivity index (χ3n) is 4.16. The smallest absolute Gasteiger partial charge is 0.475 e. The van der Waals surface area contributed by atoms with Gasteiger partial charge in [-0.2, -0.15) is 13.2 Å². The number of carboxylic acid groups (broad SMARTS) is 1. The Morgan fingerprint density at radius 1 is 1.15 bits per heavy atom. The Bertz CT molecular complexity index is 604. The fourth-order valence-electron chi connectivity index (χ4n) is 2.71. The molecule has 0 aliphatic heterocycles. The van der Waals surface area contributed by atoms with E-state index in [1.54, 1.807) is 6.07 Å². The van der Waals surface area contributed by atoms with Crippen LogP contribution in [0, 0.1) is 5.82 Å². The summed E-state index contributed by atoms with van der Waals surface area (Å²) in [6.07, 6.45) is -0.825. The van der Waals surface area contributed by atoms with Crippen molar-refractivity contribution in [1.82, 2.24) is 0 Å². The zero-order valence-electron chi connectivity index (χ0n) is 15.2. The van der Waals surface area contributed by atoms with E-state index in [4.69, 9.17) is 15.6 Å². The van der Waals surface area contributed by atoms with Gasteiger partial charge in [0.2, 0.25) is 0 Å². The van der Waals surface area contributed by atoms with Gasteiger partial charge in [-0.15, -0.1) is 0 Å². The van der Waals surface area contributed by atoms with Gasteiger partial charge in [-0.05, 0) is 48.8 Å². The molecule has 0 amide bonds. The first-order valence-electron chi connectivity index (χ1n) is 8.43. The van der Waals surface area contributed by atoms with E-state index in [0.717, 1.165) is 36.9 Å². The van der Waals surface area contributed by atoms with Gasteiger partial charge >= 0.3 is 12.1 Å². The van der Waals surface area contributed by atoms with Crippen LogP contribution in [-0.4, -0.2) is 29.3 Å². The number of nitrogens with two attached hydrogens (primary N) is 1. The maximum atomic E-state index is 14.1. The lowest BCUT2D eigenvalue weighted by atomic mass is 9.86. The molecular weight excluding hydrogens is 352 g/mol.